The van der Waals surface area contributed by atoms with E-state index in [0.717, 1.165) is 17.4 Å². The number of nitrogens with one attached hydrogen (secondary N) is 1. The third-order valence-electron chi connectivity index (χ3n) is 5.90. The Morgan fingerprint density at radius 1 is 1.31 bits per heavy atom. The normalized spacial score (nSPS) is 15.5. The Kier molecular flexibility index (Phi) is 5.75. The predicted octanol–water partition coefficient (Wildman–Crippen LogP) is 1.58. The molecule has 182 valence electrons. The minimum atomic E-state index is -0.712. The van der Waals surface area contributed by atoms with Crippen LogP contribution in [0.1, 0.15) is 42.6 Å². The minimum absolute atomic E-state index is 0.0266. The van der Waals surface area contributed by atoms with Crippen LogP contribution in [0.3, 0.4) is 0 Å². The number of carbonyl (C=O) groups is 2. The van der Waals surface area contributed by atoms with Crippen LogP contribution in [0.4, 0.5) is 5.69 Å². The van der Waals surface area contributed by atoms with Crippen molar-refractivity contribution in [1.82, 2.24) is 24.5 Å². The zero-order valence-electron chi connectivity index (χ0n) is 19.5. The largest absolute Gasteiger partial charge is 0.494 e. The Balaban J connectivity index is 1.54. The molecular weight excluding hydrogens is 452 g/mol. The summed E-state index contributed by atoms with van der Waals surface area (Å²) in [5.41, 5.74) is 0.347. The molecule has 0 saturated heterocycles. The highest BCUT2D eigenvalue weighted by atomic mass is 16.5. The van der Waals surface area contributed by atoms with Crippen LogP contribution in [0, 0.1) is 5.92 Å². The van der Waals surface area contributed by atoms with Gasteiger partial charge >= 0.3 is 0 Å². The molecule has 11 nitrogen and oxygen atoms in total. The van der Waals surface area contributed by atoms with E-state index in [1.807, 2.05) is 13.8 Å². The number of pyridine rings is 1. The second-order valence-electron chi connectivity index (χ2n) is 9.11. The number of anilines is 1. The first-order valence-corrected chi connectivity index (χ1v) is 11.6. The van der Waals surface area contributed by atoms with Crippen LogP contribution in [-0.4, -0.2) is 55.3 Å². The van der Waals surface area contributed by atoms with Crippen LogP contribution in [0.25, 0.3) is 11.7 Å². The van der Waals surface area contributed by atoms with Crippen LogP contribution < -0.4 is 20.5 Å². The molecule has 3 aromatic heterocycles. The van der Waals surface area contributed by atoms with Crippen LogP contribution in [0.5, 0.6) is 11.6 Å². The monoisotopic (exact) mass is 478 g/mol. The average molecular weight is 479 g/mol. The van der Waals surface area contributed by atoms with E-state index >= 15 is 0 Å². The molecule has 0 bridgehead atoms. The fourth-order valence-corrected chi connectivity index (χ4v) is 4.10. The Morgan fingerprint density at radius 3 is 2.86 bits per heavy atom. The van der Waals surface area contributed by atoms with Crippen molar-refractivity contribution in [2.24, 2.45) is 5.92 Å². The molecule has 4 heterocycles. The SMILES string of the molecule is CC(C)Cn1c(O)c(C(=O)NC2CC2)c(=O)n2ncc(/C=C/C(=O)N3CCOc4cnccc43)c12. The first kappa shape index (κ1) is 22.6. The molecular formula is C24H26N6O5. The third kappa shape index (κ3) is 4.25. The van der Waals surface area contributed by atoms with Crippen molar-refractivity contribution in [2.75, 3.05) is 18.1 Å². The zero-order valence-corrected chi connectivity index (χ0v) is 19.5. The standard InChI is InChI=1S/C24H26N6O5/c1-14(2)13-29-22-15(3-6-19(31)28-9-10-35-18-12-25-8-7-17(18)28)11-26-30(22)24(34)20(23(29)33)21(32)27-16-4-5-16/h3,6-8,11-12,14,16,33H,4-5,9-10,13H2,1-2H3,(H,27,32)/b6-3+. The highest BCUT2D eigenvalue weighted by molar-refractivity contribution is 6.05. The van der Waals surface area contributed by atoms with Gasteiger partial charge in [0.25, 0.3) is 17.4 Å². The lowest BCUT2D eigenvalue weighted by Gasteiger charge is -2.28. The highest BCUT2D eigenvalue weighted by Gasteiger charge is 2.30. The van der Waals surface area contributed by atoms with Gasteiger partial charge in [0.1, 0.15) is 12.3 Å². The van der Waals surface area contributed by atoms with Crippen molar-refractivity contribution in [1.29, 1.82) is 0 Å². The van der Waals surface area contributed by atoms with Gasteiger partial charge in [0.05, 0.1) is 24.6 Å². The maximum Gasteiger partial charge on any atom is 0.291 e. The van der Waals surface area contributed by atoms with E-state index in [1.54, 1.807) is 29.4 Å². The molecule has 1 saturated carbocycles. The van der Waals surface area contributed by atoms with Gasteiger partial charge in [0.2, 0.25) is 5.88 Å². The van der Waals surface area contributed by atoms with Gasteiger partial charge in [-0.1, -0.05) is 13.8 Å². The number of fused-ring (bicyclic) bond motifs is 2. The fraction of sp³-hybridized carbons (Fsp3) is 0.375. The molecule has 0 aromatic carbocycles. The molecule has 3 aromatic rings. The Labute approximate surface area is 200 Å². The van der Waals surface area contributed by atoms with E-state index in [-0.39, 0.29) is 23.4 Å². The predicted molar refractivity (Wildman–Crippen MR) is 128 cm³/mol. The quantitative estimate of drug-likeness (QED) is 0.514. The van der Waals surface area contributed by atoms with Crippen LogP contribution in [0.15, 0.2) is 35.5 Å². The van der Waals surface area contributed by atoms with Gasteiger partial charge in [-0.05, 0) is 30.9 Å². The third-order valence-corrected chi connectivity index (χ3v) is 5.90. The maximum absolute atomic E-state index is 13.1. The van der Waals surface area contributed by atoms with Gasteiger partial charge in [0, 0.05) is 30.4 Å². The van der Waals surface area contributed by atoms with Crippen molar-refractivity contribution in [3.05, 3.63) is 52.2 Å². The zero-order chi connectivity index (χ0) is 24.7. The first-order valence-electron chi connectivity index (χ1n) is 11.6. The van der Waals surface area contributed by atoms with Gasteiger partial charge in [-0.25, -0.2) is 0 Å². The average Bonchev–Trinajstić information content (AvgIpc) is 3.55. The van der Waals surface area contributed by atoms with E-state index in [2.05, 4.69) is 15.4 Å². The summed E-state index contributed by atoms with van der Waals surface area (Å²) >= 11 is 0. The number of amides is 2. The fourth-order valence-electron chi connectivity index (χ4n) is 4.10. The lowest BCUT2D eigenvalue weighted by Crippen LogP contribution is -2.36. The summed E-state index contributed by atoms with van der Waals surface area (Å²) in [5, 5.41) is 17.9. The highest BCUT2D eigenvalue weighted by Crippen LogP contribution is 2.30. The number of rotatable bonds is 6. The second-order valence-corrected chi connectivity index (χ2v) is 9.11. The Morgan fingerprint density at radius 2 is 2.11 bits per heavy atom. The number of hydrogen-bond donors (Lipinski definition) is 2. The van der Waals surface area contributed by atoms with E-state index in [0.29, 0.717) is 42.3 Å². The van der Waals surface area contributed by atoms with Gasteiger partial charge in [-0.15, -0.1) is 0 Å². The number of ether oxygens (including phenoxy) is 1. The molecule has 0 atom stereocenters. The summed E-state index contributed by atoms with van der Waals surface area (Å²) < 4.78 is 8.16. The summed E-state index contributed by atoms with van der Waals surface area (Å²) in [6.45, 7) is 4.98. The summed E-state index contributed by atoms with van der Waals surface area (Å²) in [6, 6.07) is 1.74. The van der Waals surface area contributed by atoms with Crippen LogP contribution in [0.2, 0.25) is 0 Å². The molecule has 11 heteroatoms. The molecule has 0 spiro atoms. The van der Waals surface area contributed by atoms with Gasteiger partial charge < -0.3 is 20.1 Å². The lowest BCUT2D eigenvalue weighted by molar-refractivity contribution is -0.114. The molecule has 35 heavy (non-hydrogen) atoms. The second kappa shape index (κ2) is 8.90. The summed E-state index contributed by atoms with van der Waals surface area (Å²) in [5.74, 6) is -0.673. The number of aromatic hydroxyl groups is 1. The van der Waals surface area contributed by atoms with Crippen molar-refractivity contribution in [3.63, 3.8) is 0 Å². The molecule has 2 aliphatic rings. The minimum Gasteiger partial charge on any atom is -0.494 e. The first-order chi connectivity index (χ1) is 16.8. The van der Waals surface area contributed by atoms with Crippen molar-refractivity contribution >= 4 is 29.2 Å². The van der Waals surface area contributed by atoms with Crippen molar-refractivity contribution in [3.8, 4) is 11.6 Å². The topological polar surface area (TPSA) is 131 Å². The van der Waals surface area contributed by atoms with Crippen LogP contribution >= 0.6 is 0 Å². The van der Waals surface area contributed by atoms with E-state index in [1.165, 1.54) is 16.8 Å². The molecule has 2 N–H and O–H groups in total. The molecule has 5 rings (SSSR count). The Hall–Kier alpha value is -4.15. The molecule has 2 amide bonds. The molecule has 0 radical (unpaired) electrons. The van der Waals surface area contributed by atoms with Crippen molar-refractivity contribution in [2.45, 2.75) is 39.3 Å². The molecule has 1 aliphatic heterocycles. The number of aromatic nitrogens is 4. The summed E-state index contributed by atoms with van der Waals surface area (Å²) in [4.78, 5) is 44.4. The van der Waals surface area contributed by atoms with Crippen LogP contribution in [-0.2, 0) is 11.3 Å². The van der Waals surface area contributed by atoms with Crippen molar-refractivity contribution < 1.29 is 19.4 Å². The number of carbonyl (C=O) groups excluding carboxylic acids is 2. The van der Waals surface area contributed by atoms with E-state index in [4.69, 9.17) is 4.74 Å². The summed E-state index contributed by atoms with van der Waals surface area (Å²) in [7, 11) is 0. The number of nitrogens with zero attached hydrogens (tertiary/aromatic N) is 5. The van der Waals surface area contributed by atoms with E-state index < -0.39 is 17.3 Å². The molecule has 0 unspecified atom stereocenters. The maximum atomic E-state index is 13.1. The number of hydrogen-bond acceptors (Lipinski definition) is 7. The van der Waals surface area contributed by atoms with E-state index in [9.17, 15) is 19.5 Å². The molecule has 1 fully saturated rings. The molecule has 1 aliphatic carbocycles. The summed E-state index contributed by atoms with van der Waals surface area (Å²) in [6.07, 6.45) is 9.24. The van der Waals surface area contributed by atoms with Gasteiger partial charge in [0.15, 0.2) is 11.3 Å². The Bertz CT molecular complexity index is 1400. The van der Waals surface area contributed by atoms with Gasteiger partial charge in [-0.2, -0.15) is 9.61 Å². The lowest BCUT2D eigenvalue weighted by atomic mass is 10.2. The van der Waals surface area contributed by atoms with Gasteiger partial charge in [-0.3, -0.25) is 23.9 Å². The smallest absolute Gasteiger partial charge is 0.291 e.